The van der Waals surface area contributed by atoms with Crippen molar-refractivity contribution in [1.82, 2.24) is 20.2 Å². The van der Waals surface area contributed by atoms with Crippen LogP contribution in [0.1, 0.15) is 47.3 Å². The van der Waals surface area contributed by atoms with Crippen LogP contribution in [-0.2, 0) is 6.61 Å². The van der Waals surface area contributed by atoms with Gasteiger partial charge in [-0.05, 0) is 43.2 Å². The van der Waals surface area contributed by atoms with Crippen LogP contribution in [0, 0.1) is 11.8 Å². The minimum Gasteiger partial charge on any atom is -0.392 e. The Hall–Kier alpha value is -2.89. The van der Waals surface area contributed by atoms with Gasteiger partial charge >= 0.3 is 0 Å². The second-order valence-electron chi connectivity index (χ2n) is 8.15. The number of hydrogen-bond acceptors (Lipinski definition) is 4. The average molecular weight is 515 g/mol. The molecule has 1 saturated heterocycles. The maximum absolute atomic E-state index is 13.2. The highest BCUT2D eigenvalue weighted by Crippen LogP contribution is 2.33. The lowest BCUT2D eigenvalue weighted by atomic mass is 10.0. The summed E-state index contributed by atoms with van der Waals surface area (Å²) in [6.45, 7) is 0.638. The zero-order valence-corrected chi connectivity index (χ0v) is 20.5. The highest BCUT2D eigenvalue weighted by Gasteiger charge is 2.26. The maximum atomic E-state index is 13.2. The molecule has 1 aliphatic rings. The molecule has 0 spiro atoms. The zero-order chi connectivity index (χ0) is 24.8. The molecule has 1 amide bonds. The second-order valence-corrected chi connectivity index (χ2v) is 8.99. The second kappa shape index (κ2) is 11.7. The van der Waals surface area contributed by atoms with Crippen molar-refractivity contribution in [2.45, 2.75) is 32.3 Å². The third-order valence-electron chi connectivity index (χ3n) is 5.72. The van der Waals surface area contributed by atoms with Crippen LogP contribution < -0.4 is 5.43 Å². The minimum atomic E-state index is -0.492. The Balaban J connectivity index is 1.80. The van der Waals surface area contributed by atoms with Gasteiger partial charge in [-0.2, -0.15) is 5.10 Å². The lowest BCUT2D eigenvalue weighted by Crippen LogP contribution is -2.45. The van der Waals surface area contributed by atoms with E-state index in [0.717, 1.165) is 37.9 Å². The lowest BCUT2D eigenvalue weighted by molar-refractivity contribution is 0.0741. The first-order valence-electron chi connectivity index (χ1n) is 11.4. The maximum Gasteiger partial charge on any atom is 0.286 e. The first-order chi connectivity index (χ1) is 17.0. The van der Waals surface area contributed by atoms with E-state index in [-0.39, 0.29) is 12.1 Å². The molecule has 4 rings (SSSR count). The van der Waals surface area contributed by atoms with Crippen molar-refractivity contribution in [2.24, 2.45) is 0 Å². The number of nitrogens with zero attached hydrogens (tertiary/aromatic N) is 3. The number of benzene rings is 2. The molecule has 0 radical (unpaired) electrons. The number of aliphatic hydroxyl groups is 1. The third-order valence-corrected chi connectivity index (χ3v) is 6.26. The largest absolute Gasteiger partial charge is 0.392 e. The summed E-state index contributed by atoms with van der Waals surface area (Å²) in [5.41, 5.74) is 5.90. The number of carbonyl (C=O) groups excluding carboxylic acids is 1. The van der Waals surface area contributed by atoms with E-state index in [1.54, 1.807) is 35.0 Å². The molecule has 0 aliphatic carbocycles. The molecule has 1 fully saturated rings. The smallest absolute Gasteiger partial charge is 0.286 e. The van der Waals surface area contributed by atoms with Crippen LogP contribution in [0.4, 0.5) is 4.39 Å². The van der Waals surface area contributed by atoms with Gasteiger partial charge in [0.2, 0.25) is 0 Å². The molecule has 1 aromatic heterocycles. The number of hydrogen-bond donors (Lipinski definition) is 2. The highest BCUT2D eigenvalue weighted by molar-refractivity contribution is 6.35. The number of nitrogens with one attached hydrogen (secondary N) is 1. The molecule has 0 atom stereocenters. The predicted octanol–water partition coefficient (Wildman–Crippen LogP) is 5.18. The van der Waals surface area contributed by atoms with E-state index in [4.69, 9.17) is 23.2 Å². The quantitative estimate of drug-likeness (QED) is 0.444. The van der Waals surface area contributed by atoms with E-state index in [9.17, 15) is 14.3 Å². The van der Waals surface area contributed by atoms with Gasteiger partial charge in [-0.3, -0.25) is 14.6 Å². The molecule has 6 nitrogen and oxygen atoms in total. The molecule has 2 N–H and O–H groups in total. The van der Waals surface area contributed by atoms with Gasteiger partial charge in [0.25, 0.3) is 5.91 Å². The fraction of sp³-hybridized carbons (Fsp3) is 0.308. The molecular formula is C26H25Cl2FN4O2. The topological polar surface area (TPSA) is 70.4 Å². The van der Waals surface area contributed by atoms with Gasteiger partial charge < -0.3 is 5.11 Å². The van der Waals surface area contributed by atoms with Crippen molar-refractivity contribution < 1.29 is 14.3 Å². The zero-order valence-electron chi connectivity index (χ0n) is 19.0. The summed E-state index contributed by atoms with van der Waals surface area (Å²) in [5.74, 6) is 5.29. The number of rotatable bonds is 6. The normalized spacial score (nSPS) is 13.8. The molecule has 2 heterocycles. The van der Waals surface area contributed by atoms with Gasteiger partial charge in [-0.15, -0.1) is 0 Å². The SMILES string of the molecule is O=C(NN1CCCCC1)c1nn(-c2ccc(Cl)cc2Cl)c(-c2ccc(C#CCCF)cc2)c1CO. The summed E-state index contributed by atoms with van der Waals surface area (Å²) >= 11 is 12.6. The Morgan fingerprint density at radius 3 is 2.51 bits per heavy atom. The van der Waals surface area contributed by atoms with Crippen LogP contribution in [0.3, 0.4) is 0 Å². The number of aromatic nitrogens is 2. The van der Waals surface area contributed by atoms with Crippen LogP contribution in [0.5, 0.6) is 0 Å². The van der Waals surface area contributed by atoms with Crippen molar-refractivity contribution in [1.29, 1.82) is 0 Å². The molecule has 182 valence electrons. The van der Waals surface area contributed by atoms with Crippen LogP contribution in [-0.4, -0.2) is 45.6 Å². The number of hydrazine groups is 1. The molecule has 0 saturated carbocycles. The minimum absolute atomic E-state index is 0.117. The molecule has 1 aliphatic heterocycles. The van der Waals surface area contributed by atoms with Gasteiger partial charge in [0.1, 0.15) is 6.67 Å². The van der Waals surface area contributed by atoms with Crippen molar-refractivity contribution >= 4 is 29.1 Å². The Morgan fingerprint density at radius 1 is 1.11 bits per heavy atom. The summed E-state index contributed by atoms with van der Waals surface area (Å²) < 4.78 is 13.9. The van der Waals surface area contributed by atoms with E-state index >= 15 is 0 Å². The molecule has 3 aromatic rings. The van der Waals surface area contributed by atoms with Crippen LogP contribution in [0.2, 0.25) is 10.0 Å². The van der Waals surface area contributed by atoms with Gasteiger partial charge in [-0.1, -0.05) is 53.6 Å². The van der Waals surface area contributed by atoms with E-state index in [1.165, 1.54) is 0 Å². The van der Waals surface area contributed by atoms with Crippen molar-refractivity contribution in [2.75, 3.05) is 19.8 Å². The first kappa shape index (κ1) is 25.2. The van der Waals surface area contributed by atoms with E-state index in [2.05, 4.69) is 22.4 Å². The van der Waals surface area contributed by atoms with Gasteiger partial charge in [0.15, 0.2) is 5.69 Å². The Morgan fingerprint density at radius 2 is 1.86 bits per heavy atom. The van der Waals surface area contributed by atoms with Crippen molar-refractivity contribution in [3.05, 3.63) is 69.3 Å². The summed E-state index contributed by atoms with van der Waals surface area (Å²) in [5, 5.41) is 17.6. The number of carbonyl (C=O) groups is 1. The fourth-order valence-electron chi connectivity index (χ4n) is 4.03. The van der Waals surface area contributed by atoms with Crippen LogP contribution in [0.25, 0.3) is 16.9 Å². The summed E-state index contributed by atoms with van der Waals surface area (Å²) in [6.07, 6.45) is 3.32. The molecule has 0 unspecified atom stereocenters. The number of aliphatic hydroxyl groups excluding tert-OH is 1. The predicted molar refractivity (Wildman–Crippen MR) is 135 cm³/mol. The number of halogens is 3. The van der Waals surface area contributed by atoms with Crippen LogP contribution in [0.15, 0.2) is 42.5 Å². The molecule has 35 heavy (non-hydrogen) atoms. The van der Waals surface area contributed by atoms with E-state index < -0.39 is 19.2 Å². The average Bonchev–Trinajstić information content (AvgIpc) is 3.25. The Labute approximate surface area is 213 Å². The van der Waals surface area contributed by atoms with Crippen LogP contribution >= 0.6 is 23.2 Å². The van der Waals surface area contributed by atoms with Crippen molar-refractivity contribution in [3.63, 3.8) is 0 Å². The Kier molecular flexibility index (Phi) is 8.42. The molecule has 0 bridgehead atoms. The first-order valence-corrected chi connectivity index (χ1v) is 12.2. The van der Waals surface area contributed by atoms with Crippen molar-refractivity contribution in [3.8, 4) is 28.8 Å². The van der Waals surface area contributed by atoms with Gasteiger partial charge in [-0.25, -0.2) is 9.69 Å². The number of alkyl halides is 1. The summed E-state index contributed by atoms with van der Waals surface area (Å²) in [4.78, 5) is 13.2. The van der Waals surface area contributed by atoms with E-state index in [0.29, 0.717) is 32.6 Å². The number of amides is 1. The van der Waals surface area contributed by atoms with Gasteiger partial charge in [0.05, 0.1) is 23.0 Å². The standard InChI is InChI=1S/C26H25Cl2FN4O2/c27-20-11-12-23(22(28)16-20)33-25(19-9-7-18(8-10-19)6-2-3-13-29)21(17-34)24(30-33)26(35)31-32-14-4-1-5-15-32/h7-12,16,34H,1,3-5,13-15,17H2,(H,31,35). The summed E-state index contributed by atoms with van der Waals surface area (Å²) in [7, 11) is 0. The number of piperidine rings is 1. The lowest BCUT2D eigenvalue weighted by Gasteiger charge is -2.26. The molecule has 2 aromatic carbocycles. The van der Waals surface area contributed by atoms with Gasteiger partial charge in [0, 0.05) is 41.2 Å². The molecule has 9 heteroatoms. The highest BCUT2D eigenvalue weighted by atomic mass is 35.5. The Bertz CT molecular complexity index is 1260. The summed E-state index contributed by atoms with van der Waals surface area (Å²) in [6, 6.07) is 12.2. The fourth-order valence-corrected chi connectivity index (χ4v) is 4.52. The molecular weight excluding hydrogens is 490 g/mol. The van der Waals surface area contributed by atoms with E-state index in [1.807, 2.05) is 17.1 Å². The third kappa shape index (κ3) is 5.85. The monoisotopic (exact) mass is 514 g/mol.